The lowest BCUT2D eigenvalue weighted by atomic mass is 9.70. The molecule has 1 fully saturated rings. The van der Waals surface area contributed by atoms with Gasteiger partial charge >= 0.3 is 0 Å². The molecule has 0 aromatic carbocycles. The summed E-state index contributed by atoms with van der Waals surface area (Å²) in [7, 11) is 0. The van der Waals surface area contributed by atoms with Crippen molar-refractivity contribution in [3.05, 3.63) is 0 Å². The zero-order chi connectivity index (χ0) is 13.8. The maximum absolute atomic E-state index is 12.1. The van der Waals surface area contributed by atoms with E-state index in [1.54, 1.807) is 0 Å². The molecule has 0 heterocycles. The lowest BCUT2D eigenvalue weighted by molar-refractivity contribution is -0.136. The van der Waals surface area contributed by atoms with Gasteiger partial charge in [0.25, 0.3) is 0 Å². The highest BCUT2D eigenvalue weighted by Gasteiger charge is 2.42. The van der Waals surface area contributed by atoms with E-state index in [1.807, 2.05) is 27.7 Å². The first-order chi connectivity index (χ1) is 8.41. The smallest absolute Gasteiger partial charge is 0.149 e. The van der Waals surface area contributed by atoms with Crippen molar-refractivity contribution in [2.75, 3.05) is 6.61 Å². The molecule has 18 heavy (non-hydrogen) atoms. The predicted molar refractivity (Wildman–Crippen MR) is 70.5 cm³/mol. The van der Waals surface area contributed by atoms with Crippen molar-refractivity contribution >= 4 is 17.3 Å². The van der Waals surface area contributed by atoms with Gasteiger partial charge in [-0.1, -0.05) is 32.3 Å². The van der Waals surface area contributed by atoms with Crippen LogP contribution in [0.5, 0.6) is 0 Å². The molecule has 1 aliphatic carbocycles. The molecule has 1 rings (SSSR count). The first kappa shape index (κ1) is 14.9. The van der Waals surface area contributed by atoms with Gasteiger partial charge in [0.2, 0.25) is 0 Å². The van der Waals surface area contributed by atoms with Gasteiger partial charge in [-0.15, -0.1) is 0 Å². The summed E-state index contributed by atoms with van der Waals surface area (Å²) in [6.07, 6.45) is 2.38. The lowest BCUT2D eigenvalue weighted by Crippen LogP contribution is -2.41. The molecule has 102 valence electrons. The molecule has 0 aromatic rings. The number of oxime groups is 1. The van der Waals surface area contributed by atoms with Crippen LogP contribution in [-0.2, 0) is 14.4 Å². The number of hydrogen-bond acceptors (Lipinski definition) is 4. The van der Waals surface area contributed by atoms with Gasteiger partial charge in [0.05, 0.1) is 5.71 Å². The topological polar surface area (TPSA) is 55.7 Å². The summed E-state index contributed by atoms with van der Waals surface area (Å²) < 4.78 is 0. The molecule has 0 aliphatic heterocycles. The third-order valence-electron chi connectivity index (χ3n) is 3.10. The maximum Gasteiger partial charge on any atom is 0.149 e. The van der Waals surface area contributed by atoms with E-state index in [0.717, 1.165) is 6.42 Å². The molecule has 0 atom stereocenters. The van der Waals surface area contributed by atoms with E-state index in [9.17, 15) is 9.59 Å². The van der Waals surface area contributed by atoms with Crippen molar-refractivity contribution in [1.29, 1.82) is 0 Å². The van der Waals surface area contributed by atoms with Crippen LogP contribution in [0.15, 0.2) is 5.16 Å². The third kappa shape index (κ3) is 3.65. The monoisotopic (exact) mass is 253 g/mol. The number of carbonyl (C=O) groups excluding carboxylic acids is 2. The third-order valence-corrected chi connectivity index (χ3v) is 3.10. The Labute approximate surface area is 109 Å². The summed E-state index contributed by atoms with van der Waals surface area (Å²) >= 11 is 0. The number of Topliss-reactive ketones (excluding diaryl/α,β-unsaturated/α-hetero) is 2. The molecule has 0 N–H and O–H groups in total. The highest BCUT2D eigenvalue weighted by Crippen LogP contribution is 2.34. The minimum atomic E-state index is -0.662. The van der Waals surface area contributed by atoms with Crippen LogP contribution in [-0.4, -0.2) is 23.9 Å². The van der Waals surface area contributed by atoms with Crippen LogP contribution in [0, 0.1) is 11.3 Å². The highest BCUT2D eigenvalue weighted by molar-refractivity contribution is 6.22. The van der Waals surface area contributed by atoms with Gasteiger partial charge in [0.15, 0.2) is 0 Å². The number of hydrogen-bond donors (Lipinski definition) is 0. The van der Waals surface area contributed by atoms with Gasteiger partial charge in [-0.2, -0.15) is 0 Å². The quantitative estimate of drug-likeness (QED) is 0.430. The Morgan fingerprint density at radius 1 is 1.28 bits per heavy atom. The number of carbonyl (C=O) groups is 2. The minimum absolute atomic E-state index is 0.0110. The molecule has 0 radical (unpaired) electrons. The molecule has 0 unspecified atom stereocenters. The normalized spacial score (nSPS) is 21.2. The zero-order valence-corrected chi connectivity index (χ0v) is 11.8. The largest absolute Gasteiger partial charge is 0.396 e. The number of nitrogens with zero attached hydrogens (tertiary/aromatic N) is 1. The van der Waals surface area contributed by atoms with Crippen LogP contribution in [0.3, 0.4) is 0 Å². The fraction of sp³-hybridized carbons (Fsp3) is 0.786. The van der Waals surface area contributed by atoms with E-state index < -0.39 is 5.92 Å². The van der Waals surface area contributed by atoms with Crippen molar-refractivity contribution in [1.82, 2.24) is 0 Å². The molecule has 0 saturated heterocycles. The van der Waals surface area contributed by atoms with E-state index >= 15 is 0 Å². The summed E-state index contributed by atoms with van der Waals surface area (Å²) in [5, 5.41) is 3.98. The molecule has 0 bridgehead atoms. The van der Waals surface area contributed by atoms with Crippen LogP contribution < -0.4 is 0 Å². The molecular weight excluding hydrogens is 230 g/mol. The van der Waals surface area contributed by atoms with Crippen LogP contribution in [0.4, 0.5) is 0 Å². The predicted octanol–water partition coefficient (Wildman–Crippen LogP) is 2.75. The second kappa shape index (κ2) is 6.12. The molecule has 0 spiro atoms. The Kier molecular flexibility index (Phi) is 5.05. The molecular formula is C14H23NO3. The second-order valence-corrected chi connectivity index (χ2v) is 5.63. The van der Waals surface area contributed by atoms with E-state index in [1.165, 1.54) is 0 Å². The Balaban J connectivity index is 2.91. The summed E-state index contributed by atoms with van der Waals surface area (Å²) in [6.45, 7) is 8.20. The first-order valence-corrected chi connectivity index (χ1v) is 6.65. The lowest BCUT2D eigenvalue weighted by Gasteiger charge is -2.32. The number of rotatable bonds is 5. The molecule has 0 amide bonds. The molecule has 4 nitrogen and oxygen atoms in total. The standard InChI is InChI=1S/C14H23NO3/c1-5-7-10(15-18-6-2)13-11(16)8-14(3,4)9-12(13)17/h13H,5-9H2,1-4H3/b15-10-. The number of ketones is 2. The Bertz CT molecular complexity index is 338. The minimum Gasteiger partial charge on any atom is -0.396 e. The van der Waals surface area contributed by atoms with Crippen LogP contribution in [0.25, 0.3) is 0 Å². The average Bonchev–Trinajstić information content (AvgIpc) is 2.23. The molecule has 0 aromatic heterocycles. The second-order valence-electron chi connectivity index (χ2n) is 5.63. The molecule has 4 heteroatoms. The van der Waals surface area contributed by atoms with Crippen LogP contribution in [0.2, 0.25) is 0 Å². The molecule has 1 aliphatic rings. The van der Waals surface area contributed by atoms with Crippen LogP contribution >= 0.6 is 0 Å². The van der Waals surface area contributed by atoms with Gasteiger partial charge in [-0.25, -0.2) is 0 Å². The van der Waals surface area contributed by atoms with Gasteiger partial charge in [-0.05, 0) is 18.8 Å². The first-order valence-electron chi connectivity index (χ1n) is 6.65. The summed E-state index contributed by atoms with van der Waals surface area (Å²) in [5.41, 5.74) is 0.387. The maximum atomic E-state index is 12.1. The summed E-state index contributed by atoms with van der Waals surface area (Å²) in [6, 6.07) is 0. The Morgan fingerprint density at radius 3 is 2.28 bits per heavy atom. The average molecular weight is 253 g/mol. The summed E-state index contributed by atoms with van der Waals surface area (Å²) in [4.78, 5) is 29.3. The molecule has 1 saturated carbocycles. The van der Waals surface area contributed by atoms with Crippen molar-refractivity contribution in [3.63, 3.8) is 0 Å². The van der Waals surface area contributed by atoms with Gasteiger partial charge in [0.1, 0.15) is 24.1 Å². The van der Waals surface area contributed by atoms with Crippen molar-refractivity contribution < 1.29 is 14.4 Å². The van der Waals surface area contributed by atoms with E-state index in [0.29, 0.717) is 31.6 Å². The SMILES string of the molecule is CCC/C(=N/OCC)C1C(=O)CC(C)(C)CC1=O. The van der Waals surface area contributed by atoms with Crippen molar-refractivity contribution in [2.24, 2.45) is 16.5 Å². The van der Waals surface area contributed by atoms with Gasteiger partial charge in [-0.3, -0.25) is 9.59 Å². The van der Waals surface area contributed by atoms with E-state index in [-0.39, 0.29) is 17.0 Å². The van der Waals surface area contributed by atoms with Crippen LogP contribution in [0.1, 0.15) is 53.4 Å². The highest BCUT2D eigenvalue weighted by atomic mass is 16.6. The Hall–Kier alpha value is -1.19. The van der Waals surface area contributed by atoms with E-state index in [4.69, 9.17) is 4.84 Å². The van der Waals surface area contributed by atoms with Crippen molar-refractivity contribution in [2.45, 2.75) is 53.4 Å². The fourth-order valence-corrected chi connectivity index (χ4v) is 2.41. The van der Waals surface area contributed by atoms with Gasteiger partial charge in [0, 0.05) is 12.8 Å². The fourth-order valence-electron chi connectivity index (χ4n) is 2.41. The van der Waals surface area contributed by atoms with E-state index in [2.05, 4.69) is 5.16 Å². The van der Waals surface area contributed by atoms with Gasteiger partial charge < -0.3 is 4.84 Å². The zero-order valence-electron chi connectivity index (χ0n) is 11.8. The van der Waals surface area contributed by atoms with Crippen molar-refractivity contribution in [3.8, 4) is 0 Å². The Morgan fingerprint density at radius 2 is 1.83 bits per heavy atom. The summed E-state index contributed by atoms with van der Waals surface area (Å²) in [5.74, 6) is -0.684.